The van der Waals surface area contributed by atoms with Crippen molar-refractivity contribution in [3.8, 4) is 0 Å². The summed E-state index contributed by atoms with van der Waals surface area (Å²) in [6.07, 6.45) is 0. The minimum Gasteiger partial charge on any atom is -0.480 e. The van der Waals surface area contributed by atoms with E-state index in [2.05, 4.69) is 0 Å². The maximum atomic E-state index is 12.0. The fourth-order valence-electron chi connectivity index (χ4n) is 1.47. The third-order valence-corrected chi connectivity index (χ3v) is 3.62. The zero-order valence-electron chi connectivity index (χ0n) is 10.6. The molecule has 1 aliphatic heterocycles. The molecule has 102 valence electrons. The summed E-state index contributed by atoms with van der Waals surface area (Å²) < 4.78 is 0. The van der Waals surface area contributed by atoms with Crippen LogP contribution < -0.4 is 0 Å². The van der Waals surface area contributed by atoms with Gasteiger partial charge in [0.15, 0.2) is 0 Å². The Morgan fingerprint density at radius 3 is 2.44 bits per heavy atom. The van der Waals surface area contributed by atoms with Crippen LogP contribution >= 0.6 is 11.8 Å². The highest BCUT2D eigenvalue weighted by molar-refractivity contribution is 7.99. The van der Waals surface area contributed by atoms with Crippen LogP contribution in [-0.2, 0) is 9.59 Å². The van der Waals surface area contributed by atoms with E-state index in [9.17, 15) is 14.4 Å². The molecule has 0 radical (unpaired) electrons. The molecule has 1 N–H and O–H groups in total. The summed E-state index contributed by atoms with van der Waals surface area (Å²) in [5.41, 5.74) is 0. The second-order valence-corrected chi connectivity index (χ2v) is 5.25. The Labute approximate surface area is 110 Å². The molecule has 0 aromatic carbocycles. The number of aliphatic carboxylic acids is 1. The van der Waals surface area contributed by atoms with Crippen molar-refractivity contribution in [3.05, 3.63) is 0 Å². The van der Waals surface area contributed by atoms with E-state index in [1.807, 2.05) is 0 Å². The monoisotopic (exact) mass is 275 g/mol. The molecular formula is C10H17N3O4S. The molecule has 1 saturated heterocycles. The average molecular weight is 275 g/mol. The number of thioether (sulfide) groups is 1. The van der Waals surface area contributed by atoms with Crippen molar-refractivity contribution in [2.24, 2.45) is 0 Å². The number of carboxylic acid groups (broad SMARTS) is 1. The van der Waals surface area contributed by atoms with E-state index in [0.29, 0.717) is 11.6 Å². The van der Waals surface area contributed by atoms with Gasteiger partial charge in [-0.25, -0.2) is 9.59 Å². The van der Waals surface area contributed by atoms with Crippen LogP contribution in [0.3, 0.4) is 0 Å². The largest absolute Gasteiger partial charge is 0.480 e. The number of rotatable bonds is 3. The van der Waals surface area contributed by atoms with E-state index in [1.54, 1.807) is 14.1 Å². The van der Waals surface area contributed by atoms with Crippen molar-refractivity contribution in [2.75, 3.05) is 39.3 Å². The molecule has 0 saturated carbocycles. The van der Waals surface area contributed by atoms with Gasteiger partial charge in [0.25, 0.3) is 0 Å². The molecule has 1 fully saturated rings. The van der Waals surface area contributed by atoms with Crippen molar-refractivity contribution >= 4 is 29.7 Å². The molecule has 1 atom stereocenters. The van der Waals surface area contributed by atoms with Crippen LogP contribution in [0.25, 0.3) is 0 Å². The van der Waals surface area contributed by atoms with Gasteiger partial charge in [-0.1, -0.05) is 0 Å². The van der Waals surface area contributed by atoms with Gasteiger partial charge in [-0.3, -0.25) is 4.79 Å². The smallest absolute Gasteiger partial charge is 0.327 e. The standard InChI is InChI=1S/C10H17N3O4S/c1-11(2)8(14)4-12(3)10(17)13-6-18-5-7(13)9(15)16/h7H,4-6H2,1-3H3,(H,15,16)/t7-/m0/s1. The van der Waals surface area contributed by atoms with Crippen LogP contribution in [-0.4, -0.2) is 83.1 Å². The Balaban J connectivity index is 2.63. The Hall–Kier alpha value is -1.44. The van der Waals surface area contributed by atoms with Crippen LogP contribution in [0.5, 0.6) is 0 Å². The maximum Gasteiger partial charge on any atom is 0.327 e. The number of carbonyl (C=O) groups excluding carboxylic acids is 2. The first kappa shape index (κ1) is 14.6. The van der Waals surface area contributed by atoms with Gasteiger partial charge >= 0.3 is 12.0 Å². The topological polar surface area (TPSA) is 81.2 Å². The lowest BCUT2D eigenvalue weighted by Gasteiger charge is -2.27. The lowest BCUT2D eigenvalue weighted by atomic mass is 10.3. The predicted molar refractivity (Wildman–Crippen MR) is 67.3 cm³/mol. The minimum atomic E-state index is -1.01. The third kappa shape index (κ3) is 3.28. The average Bonchev–Trinajstić information content (AvgIpc) is 2.76. The summed E-state index contributed by atoms with van der Waals surface area (Å²) in [6, 6.07) is -1.23. The summed E-state index contributed by atoms with van der Waals surface area (Å²) >= 11 is 1.39. The molecule has 7 nitrogen and oxygen atoms in total. The number of nitrogens with zero attached hydrogens (tertiary/aromatic N) is 3. The molecule has 3 amide bonds. The second kappa shape index (κ2) is 5.94. The molecule has 1 heterocycles. The Morgan fingerprint density at radius 1 is 1.33 bits per heavy atom. The van der Waals surface area contributed by atoms with Gasteiger partial charge in [0.05, 0.1) is 5.88 Å². The van der Waals surface area contributed by atoms with Gasteiger partial charge in [0, 0.05) is 26.9 Å². The van der Waals surface area contributed by atoms with Gasteiger partial charge in [0.1, 0.15) is 12.6 Å². The molecule has 0 unspecified atom stereocenters. The van der Waals surface area contributed by atoms with Crippen LogP contribution in [0.15, 0.2) is 0 Å². The number of amides is 3. The van der Waals surface area contributed by atoms with Crippen molar-refractivity contribution in [1.29, 1.82) is 0 Å². The summed E-state index contributed by atoms with van der Waals surface area (Å²) in [5, 5.41) is 8.98. The fraction of sp³-hybridized carbons (Fsp3) is 0.700. The predicted octanol–water partition coefficient (Wildman–Crippen LogP) is -0.414. The SMILES string of the molecule is CN(C)C(=O)CN(C)C(=O)N1CSC[C@H]1C(=O)O. The summed E-state index contributed by atoms with van der Waals surface area (Å²) in [5.74, 6) is -0.488. The number of urea groups is 1. The number of carbonyl (C=O) groups is 3. The lowest BCUT2D eigenvalue weighted by Crippen LogP contribution is -2.49. The van der Waals surface area contributed by atoms with Crippen molar-refractivity contribution < 1.29 is 19.5 Å². The summed E-state index contributed by atoms with van der Waals surface area (Å²) in [4.78, 5) is 38.4. The van der Waals surface area contributed by atoms with E-state index >= 15 is 0 Å². The summed E-state index contributed by atoms with van der Waals surface area (Å²) in [7, 11) is 4.70. The maximum absolute atomic E-state index is 12.0. The van der Waals surface area contributed by atoms with Crippen molar-refractivity contribution in [1.82, 2.24) is 14.7 Å². The fourth-order valence-corrected chi connectivity index (χ4v) is 2.61. The van der Waals surface area contributed by atoms with E-state index in [1.165, 1.54) is 33.5 Å². The molecule has 0 bridgehead atoms. The first-order valence-corrected chi connectivity index (χ1v) is 6.52. The van der Waals surface area contributed by atoms with E-state index in [0.717, 1.165) is 0 Å². The van der Waals surface area contributed by atoms with Gasteiger partial charge in [-0.15, -0.1) is 11.8 Å². The Kier molecular flexibility index (Phi) is 4.83. The molecule has 0 aliphatic carbocycles. The third-order valence-electron chi connectivity index (χ3n) is 2.61. The minimum absolute atomic E-state index is 0.0562. The zero-order chi connectivity index (χ0) is 13.9. The van der Waals surface area contributed by atoms with Gasteiger partial charge in [0.2, 0.25) is 5.91 Å². The zero-order valence-corrected chi connectivity index (χ0v) is 11.4. The highest BCUT2D eigenvalue weighted by atomic mass is 32.2. The lowest BCUT2D eigenvalue weighted by molar-refractivity contribution is -0.140. The molecule has 0 aromatic heterocycles. The molecule has 8 heteroatoms. The van der Waals surface area contributed by atoms with Crippen molar-refractivity contribution in [3.63, 3.8) is 0 Å². The molecular weight excluding hydrogens is 258 g/mol. The number of hydrogen-bond acceptors (Lipinski definition) is 4. The molecule has 18 heavy (non-hydrogen) atoms. The Morgan fingerprint density at radius 2 is 1.94 bits per heavy atom. The van der Waals surface area contributed by atoms with E-state index in [4.69, 9.17) is 5.11 Å². The van der Waals surface area contributed by atoms with Gasteiger partial charge in [-0.05, 0) is 0 Å². The van der Waals surface area contributed by atoms with Gasteiger partial charge in [-0.2, -0.15) is 0 Å². The molecule has 0 aromatic rings. The van der Waals surface area contributed by atoms with Crippen molar-refractivity contribution in [2.45, 2.75) is 6.04 Å². The molecule has 1 rings (SSSR count). The van der Waals surface area contributed by atoms with Crippen LogP contribution in [0.2, 0.25) is 0 Å². The van der Waals surface area contributed by atoms with E-state index < -0.39 is 18.0 Å². The first-order chi connectivity index (χ1) is 8.34. The van der Waals surface area contributed by atoms with Gasteiger partial charge < -0.3 is 19.8 Å². The quantitative estimate of drug-likeness (QED) is 0.757. The molecule has 1 aliphatic rings. The second-order valence-electron chi connectivity index (χ2n) is 4.25. The van der Waals surface area contributed by atoms with Crippen LogP contribution in [0.1, 0.15) is 0 Å². The summed E-state index contributed by atoms with van der Waals surface area (Å²) in [6.45, 7) is -0.0562. The Bertz CT molecular complexity index is 361. The first-order valence-electron chi connectivity index (χ1n) is 5.37. The normalized spacial score (nSPS) is 18.6. The highest BCUT2D eigenvalue weighted by Gasteiger charge is 2.36. The number of hydrogen-bond donors (Lipinski definition) is 1. The molecule has 0 spiro atoms. The number of likely N-dealkylation sites (N-methyl/N-ethyl adjacent to an activating group) is 2. The van der Waals surface area contributed by atoms with Crippen LogP contribution in [0.4, 0.5) is 4.79 Å². The number of carboxylic acids is 1. The van der Waals surface area contributed by atoms with E-state index in [-0.39, 0.29) is 12.5 Å². The highest BCUT2D eigenvalue weighted by Crippen LogP contribution is 2.22. The van der Waals surface area contributed by atoms with Crippen LogP contribution in [0, 0.1) is 0 Å².